The minimum Gasteiger partial charge on any atom is -0.493 e. The van der Waals surface area contributed by atoms with Gasteiger partial charge in [-0.1, -0.05) is 56.1 Å². The molecule has 2 rings (SSSR count). The maximum atomic E-state index is 5.95. The van der Waals surface area contributed by atoms with Crippen LogP contribution in [0.3, 0.4) is 0 Å². The quantitative estimate of drug-likeness (QED) is 0.652. The molecule has 4 heteroatoms. The predicted molar refractivity (Wildman–Crippen MR) is 84.8 cm³/mol. The summed E-state index contributed by atoms with van der Waals surface area (Å²) in [6, 6.07) is 13.8. The Morgan fingerprint density at radius 2 is 1.63 bits per heavy atom. The highest BCUT2D eigenvalue weighted by Crippen LogP contribution is 2.34. The number of halogens is 2. The summed E-state index contributed by atoms with van der Waals surface area (Å²) in [5.41, 5.74) is 2.34. The van der Waals surface area contributed by atoms with Gasteiger partial charge in [-0.25, -0.2) is 0 Å². The average Bonchev–Trinajstić information content (AvgIpc) is 2.48. The SMILES string of the molecule is COc1ccccc1Oc1ccc(CBr)cc1CBr. The second-order valence-electron chi connectivity index (χ2n) is 3.96. The minimum atomic E-state index is 0.721. The number of hydrogen-bond donors (Lipinski definition) is 0. The maximum absolute atomic E-state index is 5.95. The van der Waals surface area contributed by atoms with E-state index in [-0.39, 0.29) is 0 Å². The van der Waals surface area contributed by atoms with E-state index >= 15 is 0 Å². The van der Waals surface area contributed by atoms with Crippen molar-refractivity contribution in [1.82, 2.24) is 0 Å². The van der Waals surface area contributed by atoms with Gasteiger partial charge in [-0.05, 0) is 23.8 Å². The van der Waals surface area contributed by atoms with E-state index in [0.29, 0.717) is 0 Å². The van der Waals surface area contributed by atoms with Crippen molar-refractivity contribution in [3.05, 3.63) is 53.6 Å². The first kappa shape index (κ1) is 14.4. The van der Waals surface area contributed by atoms with Crippen LogP contribution in [0.25, 0.3) is 0 Å². The molecular formula is C15H14Br2O2. The van der Waals surface area contributed by atoms with Crippen LogP contribution in [0, 0.1) is 0 Å². The molecule has 100 valence electrons. The van der Waals surface area contributed by atoms with Gasteiger partial charge in [0.15, 0.2) is 11.5 Å². The lowest BCUT2D eigenvalue weighted by Crippen LogP contribution is -1.93. The van der Waals surface area contributed by atoms with Gasteiger partial charge in [-0.2, -0.15) is 0 Å². The molecule has 0 heterocycles. The molecule has 0 radical (unpaired) electrons. The number of rotatable bonds is 5. The van der Waals surface area contributed by atoms with E-state index in [1.165, 1.54) is 5.56 Å². The van der Waals surface area contributed by atoms with Crippen molar-refractivity contribution >= 4 is 31.9 Å². The normalized spacial score (nSPS) is 10.3. The van der Waals surface area contributed by atoms with Crippen LogP contribution in [0.4, 0.5) is 0 Å². The zero-order valence-electron chi connectivity index (χ0n) is 10.5. The molecule has 0 fully saturated rings. The molecule has 0 aliphatic heterocycles. The molecule has 2 nitrogen and oxygen atoms in total. The molecule has 0 amide bonds. The highest BCUT2D eigenvalue weighted by Gasteiger charge is 2.08. The van der Waals surface area contributed by atoms with Crippen LogP contribution in [-0.2, 0) is 10.7 Å². The molecule has 0 saturated carbocycles. The lowest BCUT2D eigenvalue weighted by atomic mass is 10.1. The van der Waals surface area contributed by atoms with Crippen molar-refractivity contribution in [3.63, 3.8) is 0 Å². The number of hydrogen-bond acceptors (Lipinski definition) is 2. The first-order valence-corrected chi connectivity index (χ1v) is 8.07. The van der Waals surface area contributed by atoms with E-state index in [2.05, 4.69) is 37.9 Å². The predicted octanol–water partition coefficient (Wildman–Crippen LogP) is 5.28. The van der Waals surface area contributed by atoms with Crippen molar-refractivity contribution in [1.29, 1.82) is 0 Å². The second-order valence-corrected chi connectivity index (χ2v) is 5.08. The lowest BCUT2D eigenvalue weighted by molar-refractivity contribution is 0.378. The van der Waals surface area contributed by atoms with E-state index in [1.54, 1.807) is 7.11 Å². The molecule has 2 aromatic rings. The minimum absolute atomic E-state index is 0.721. The van der Waals surface area contributed by atoms with Crippen molar-refractivity contribution < 1.29 is 9.47 Å². The smallest absolute Gasteiger partial charge is 0.169 e. The summed E-state index contributed by atoms with van der Waals surface area (Å²) < 4.78 is 11.2. The Bertz CT molecular complexity index is 556. The zero-order valence-corrected chi connectivity index (χ0v) is 13.7. The monoisotopic (exact) mass is 384 g/mol. The molecular weight excluding hydrogens is 372 g/mol. The molecule has 0 atom stereocenters. The zero-order chi connectivity index (χ0) is 13.7. The van der Waals surface area contributed by atoms with Crippen molar-refractivity contribution in [2.45, 2.75) is 10.7 Å². The van der Waals surface area contributed by atoms with E-state index < -0.39 is 0 Å². The summed E-state index contributed by atoms with van der Waals surface area (Å²) in [7, 11) is 1.64. The fourth-order valence-corrected chi connectivity index (χ4v) is 2.53. The molecule has 19 heavy (non-hydrogen) atoms. The fourth-order valence-electron chi connectivity index (χ4n) is 1.74. The second kappa shape index (κ2) is 6.96. The molecule has 0 aliphatic carbocycles. The van der Waals surface area contributed by atoms with Crippen molar-refractivity contribution in [2.24, 2.45) is 0 Å². The summed E-state index contributed by atoms with van der Waals surface area (Å²) in [4.78, 5) is 0. The molecule has 0 unspecified atom stereocenters. The molecule has 0 aliphatic rings. The van der Waals surface area contributed by atoms with Crippen LogP contribution in [0.2, 0.25) is 0 Å². The number of para-hydroxylation sites is 2. The molecule has 0 spiro atoms. The summed E-state index contributed by atoms with van der Waals surface area (Å²) in [6.07, 6.45) is 0. The first-order valence-electron chi connectivity index (χ1n) is 5.83. The topological polar surface area (TPSA) is 18.5 Å². The third kappa shape index (κ3) is 3.51. The standard InChI is InChI=1S/C15H14Br2O2/c1-18-14-4-2-3-5-15(14)19-13-7-6-11(9-16)8-12(13)10-17/h2-8H,9-10H2,1H3. The van der Waals surface area contributed by atoms with Gasteiger partial charge in [0.05, 0.1) is 7.11 Å². The highest BCUT2D eigenvalue weighted by atomic mass is 79.9. The van der Waals surface area contributed by atoms with E-state index in [0.717, 1.165) is 33.5 Å². The first-order chi connectivity index (χ1) is 9.28. The van der Waals surface area contributed by atoms with Gasteiger partial charge < -0.3 is 9.47 Å². The number of alkyl halides is 2. The number of ether oxygens (including phenoxy) is 2. The Labute approximate surface area is 130 Å². The van der Waals surface area contributed by atoms with Gasteiger partial charge in [0.2, 0.25) is 0 Å². The Hall–Kier alpha value is -1.000. The Morgan fingerprint density at radius 1 is 0.895 bits per heavy atom. The van der Waals surface area contributed by atoms with Crippen molar-refractivity contribution in [2.75, 3.05) is 7.11 Å². The Morgan fingerprint density at radius 3 is 2.26 bits per heavy atom. The molecule has 0 N–H and O–H groups in total. The van der Waals surface area contributed by atoms with E-state index in [1.807, 2.05) is 36.4 Å². The largest absolute Gasteiger partial charge is 0.493 e. The highest BCUT2D eigenvalue weighted by molar-refractivity contribution is 9.08. The van der Waals surface area contributed by atoms with Crippen LogP contribution in [0.5, 0.6) is 17.2 Å². The third-order valence-corrected chi connectivity index (χ3v) is 3.96. The van der Waals surface area contributed by atoms with Gasteiger partial charge in [0.1, 0.15) is 5.75 Å². The maximum Gasteiger partial charge on any atom is 0.169 e. The van der Waals surface area contributed by atoms with Crippen LogP contribution >= 0.6 is 31.9 Å². The average molecular weight is 386 g/mol. The van der Waals surface area contributed by atoms with E-state index in [9.17, 15) is 0 Å². The third-order valence-electron chi connectivity index (χ3n) is 2.71. The van der Waals surface area contributed by atoms with Gasteiger partial charge >= 0.3 is 0 Å². The lowest BCUT2D eigenvalue weighted by Gasteiger charge is -2.13. The summed E-state index contributed by atoms with van der Waals surface area (Å²) in [6.45, 7) is 0. The van der Waals surface area contributed by atoms with Gasteiger partial charge in [-0.15, -0.1) is 0 Å². The molecule has 0 aromatic heterocycles. The van der Waals surface area contributed by atoms with Crippen molar-refractivity contribution in [3.8, 4) is 17.2 Å². The fraction of sp³-hybridized carbons (Fsp3) is 0.200. The molecule has 2 aromatic carbocycles. The van der Waals surface area contributed by atoms with Gasteiger partial charge in [0.25, 0.3) is 0 Å². The Kier molecular flexibility index (Phi) is 5.28. The Balaban J connectivity index is 2.32. The molecule has 0 bridgehead atoms. The van der Waals surface area contributed by atoms with Crippen LogP contribution in [-0.4, -0.2) is 7.11 Å². The summed E-state index contributed by atoms with van der Waals surface area (Å²) in [5, 5.41) is 1.58. The molecule has 0 saturated heterocycles. The number of benzene rings is 2. The number of methoxy groups -OCH3 is 1. The van der Waals surface area contributed by atoms with Gasteiger partial charge in [-0.3, -0.25) is 0 Å². The summed E-state index contributed by atoms with van der Waals surface area (Å²) >= 11 is 6.95. The van der Waals surface area contributed by atoms with Crippen LogP contribution < -0.4 is 9.47 Å². The van der Waals surface area contributed by atoms with Crippen LogP contribution in [0.15, 0.2) is 42.5 Å². The van der Waals surface area contributed by atoms with Gasteiger partial charge in [0, 0.05) is 16.2 Å². The summed E-state index contributed by atoms with van der Waals surface area (Å²) in [5.74, 6) is 2.29. The van der Waals surface area contributed by atoms with Crippen LogP contribution in [0.1, 0.15) is 11.1 Å². The van der Waals surface area contributed by atoms with E-state index in [4.69, 9.17) is 9.47 Å².